The Bertz CT molecular complexity index is 760. The van der Waals surface area contributed by atoms with E-state index in [-0.39, 0.29) is 16.9 Å². The highest BCUT2D eigenvalue weighted by molar-refractivity contribution is 6.68. The van der Waals surface area contributed by atoms with Crippen molar-refractivity contribution in [1.29, 1.82) is 0 Å². The van der Waals surface area contributed by atoms with E-state index in [0.29, 0.717) is 30.0 Å². The molecule has 7 atom stereocenters. The Morgan fingerprint density at radius 1 is 1.10 bits per heavy atom. The van der Waals surface area contributed by atoms with E-state index in [9.17, 15) is 9.59 Å². The summed E-state index contributed by atoms with van der Waals surface area (Å²) in [6, 6.07) is 0. The van der Waals surface area contributed by atoms with E-state index < -0.39 is 16.1 Å². The molecule has 0 aromatic heterocycles. The summed E-state index contributed by atoms with van der Waals surface area (Å²) in [7, 11) is 0. The molecule has 4 nitrogen and oxygen atoms in total. The molecule has 0 aliphatic heterocycles. The van der Waals surface area contributed by atoms with Crippen molar-refractivity contribution in [2.45, 2.75) is 88.3 Å². The molecule has 0 N–H and O–H groups in total. The third kappa shape index (κ3) is 3.84. The molecule has 0 saturated heterocycles. The lowest BCUT2D eigenvalue weighted by molar-refractivity contribution is -0.204. The van der Waals surface area contributed by atoms with E-state index in [2.05, 4.69) is 13.8 Å². The number of hydrogen-bond acceptors (Lipinski definition) is 4. The normalized spacial score (nSPS) is 41.9. The van der Waals surface area contributed by atoms with Crippen molar-refractivity contribution < 1.29 is 19.1 Å². The van der Waals surface area contributed by atoms with Crippen LogP contribution < -0.4 is 0 Å². The topological polar surface area (TPSA) is 52.6 Å². The lowest BCUT2D eigenvalue weighted by Crippen LogP contribution is -2.52. The minimum absolute atomic E-state index is 0.0302. The van der Waals surface area contributed by atoms with Crippen LogP contribution in [0.4, 0.5) is 0 Å². The Hall–Kier alpha value is -0.290. The fourth-order valence-corrected chi connectivity index (χ4v) is 7.49. The Morgan fingerprint density at radius 3 is 2.50 bits per heavy atom. The quantitative estimate of drug-likeness (QED) is 0.277. The number of allylic oxidation sites excluding steroid dienone is 1. The average Bonchev–Trinajstić information content (AvgIpc) is 2.97. The maximum absolute atomic E-state index is 12.0. The SMILES string of the molecule is CC(=O)OC(OC1CCC2C3CCC4=CC(=O)CCC4(C)C3CCC12C)C(Cl)(Cl)Cl. The fourth-order valence-electron chi connectivity index (χ4n) is 7.21. The minimum Gasteiger partial charge on any atom is -0.431 e. The number of hydrogen-bond donors (Lipinski definition) is 0. The molecule has 7 heteroatoms. The lowest BCUT2D eigenvalue weighted by atomic mass is 9.47. The van der Waals surface area contributed by atoms with Gasteiger partial charge in [0.1, 0.15) is 0 Å². The van der Waals surface area contributed by atoms with Crippen molar-refractivity contribution in [1.82, 2.24) is 0 Å². The van der Waals surface area contributed by atoms with E-state index in [1.807, 2.05) is 6.08 Å². The summed E-state index contributed by atoms with van der Waals surface area (Å²) in [6.45, 7) is 5.97. The molecule has 30 heavy (non-hydrogen) atoms. The lowest BCUT2D eigenvalue weighted by Gasteiger charge is -2.58. The first-order valence-electron chi connectivity index (χ1n) is 11.1. The highest BCUT2D eigenvalue weighted by Gasteiger charge is 2.60. The maximum atomic E-state index is 12.0. The maximum Gasteiger partial charge on any atom is 0.305 e. The van der Waals surface area contributed by atoms with Crippen LogP contribution in [0.5, 0.6) is 0 Å². The van der Waals surface area contributed by atoms with Gasteiger partial charge < -0.3 is 9.47 Å². The molecule has 0 bridgehead atoms. The summed E-state index contributed by atoms with van der Waals surface area (Å²) < 4.78 is 9.57. The van der Waals surface area contributed by atoms with Crippen LogP contribution in [0.3, 0.4) is 0 Å². The summed E-state index contributed by atoms with van der Waals surface area (Å²) >= 11 is 18.2. The number of ketones is 1. The highest BCUT2D eigenvalue weighted by atomic mass is 35.6. The van der Waals surface area contributed by atoms with E-state index >= 15 is 0 Å². The molecular weight excluding hydrogens is 447 g/mol. The molecule has 7 unspecified atom stereocenters. The summed E-state index contributed by atoms with van der Waals surface area (Å²) in [6.07, 6.45) is 8.52. The molecule has 0 radical (unpaired) electrons. The second-order valence-electron chi connectivity index (χ2n) is 10.2. The van der Waals surface area contributed by atoms with Crippen molar-refractivity contribution in [3.63, 3.8) is 0 Å². The summed E-state index contributed by atoms with van der Waals surface area (Å²) in [5.41, 5.74) is 1.49. The van der Waals surface area contributed by atoms with Gasteiger partial charge in [0.05, 0.1) is 6.10 Å². The number of rotatable bonds is 3. The van der Waals surface area contributed by atoms with Crippen molar-refractivity contribution in [2.24, 2.45) is 28.6 Å². The predicted molar refractivity (Wildman–Crippen MR) is 117 cm³/mol. The predicted octanol–water partition coefficient (Wildman–Crippen LogP) is 6.16. The largest absolute Gasteiger partial charge is 0.431 e. The molecule has 4 aliphatic rings. The van der Waals surface area contributed by atoms with E-state index in [4.69, 9.17) is 44.3 Å². The van der Waals surface area contributed by atoms with Crippen LogP contribution in [0.25, 0.3) is 0 Å². The Kier molecular flexibility index (Phi) is 6.05. The Labute approximate surface area is 194 Å². The first-order chi connectivity index (χ1) is 13.9. The van der Waals surface area contributed by atoms with Gasteiger partial charge in [-0.2, -0.15) is 0 Å². The van der Waals surface area contributed by atoms with Crippen LogP contribution in [-0.2, 0) is 19.1 Å². The highest BCUT2D eigenvalue weighted by Crippen LogP contribution is 2.65. The van der Waals surface area contributed by atoms with Crippen LogP contribution in [0.15, 0.2) is 11.6 Å². The number of ether oxygens (including phenoxy) is 2. The molecular formula is C23H31Cl3O4. The summed E-state index contributed by atoms with van der Waals surface area (Å²) in [5.74, 6) is 1.53. The van der Waals surface area contributed by atoms with Gasteiger partial charge in [0.2, 0.25) is 0 Å². The van der Waals surface area contributed by atoms with Gasteiger partial charge in [-0.3, -0.25) is 9.59 Å². The zero-order valence-electron chi connectivity index (χ0n) is 17.9. The number of halogens is 3. The first kappa shape index (κ1) is 22.9. The number of carbonyl (C=O) groups excluding carboxylic acids is 2. The van der Waals surface area contributed by atoms with Crippen molar-refractivity contribution >= 4 is 46.6 Å². The number of esters is 1. The fraction of sp³-hybridized carbons (Fsp3) is 0.826. The van der Waals surface area contributed by atoms with Gasteiger partial charge >= 0.3 is 5.97 Å². The third-order valence-electron chi connectivity index (χ3n) is 8.70. The van der Waals surface area contributed by atoms with Crippen molar-refractivity contribution in [2.75, 3.05) is 0 Å². The van der Waals surface area contributed by atoms with Crippen LogP contribution >= 0.6 is 34.8 Å². The monoisotopic (exact) mass is 476 g/mol. The van der Waals surface area contributed by atoms with Gasteiger partial charge in [0.15, 0.2) is 5.78 Å². The van der Waals surface area contributed by atoms with Gasteiger partial charge in [0, 0.05) is 13.3 Å². The Morgan fingerprint density at radius 2 is 1.83 bits per heavy atom. The van der Waals surface area contributed by atoms with Crippen LogP contribution in [-0.4, -0.2) is 27.9 Å². The summed E-state index contributed by atoms with van der Waals surface area (Å²) in [5, 5.41) is 0. The second kappa shape index (κ2) is 7.93. The molecule has 0 aromatic rings. The molecule has 0 heterocycles. The molecule has 0 aromatic carbocycles. The molecule has 3 fully saturated rings. The third-order valence-corrected chi connectivity index (χ3v) is 9.24. The molecule has 3 saturated carbocycles. The standard InChI is InChI=1S/C23H31Cl3O4/c1-13(27)29-20(23(24,25)26)30-19-7-6-17-16-5-4-14-12-15(28)8-10-21(14,2)18(16)9-11-22(17,19)3/h12,16-20H,4-11H2,1-3H3. The van der Waals surface area contributed by atoms with E-state index in [1.165, 1.54) is 12.5 Å². The van der Waals surface area contributed by atoms with Gasteiger partial charge in [-0.05, 0) is 79.6 Å². The van der Waals surface area contributed by atoms with Gasteiger partial charge in [-0.1, -0.05) is 54.2 Å². The second-order valence-corrected chi connectivity index (χ2v) is 12.6. The van der Waals surface area contributed by atoms with Crippen LogP contribution in [0.2, 0.25) is 0 Å². The number of alkyl halides is 3. The molecule has 0 spiro atoms. The molecule has 4 rings (SSSR count). The minimum atomic E-state index is -1.83. The van der Waals surface area contributed by atoms with Gasteiger partial charge in [-0.15, -0.1) is 0 Å². The molecule has 4 aliphatic carbocycles. The smallest absolute Gasteiger partial charge is 0.305 e. The number of carbonyl (C=O) groups is 2. The van der Waals surface area contributed by atoms with Crippen LogP contribution in [0.1, 0.15) is 72.1 Å². The molecule has 168 valence electrons. The summed E-state index contributed by atoms with van der Waals surface area (Å²) in [4.78, 5) is 23.5. The van der Waals surface area contributed by atoms with Gasteiger partial charge in [-0.25, -0.2) is 0 Å². The van der Waals surface area contributed by atoms with E-state index in [1.54, 1.807) is 0 Å². The number of fused-ring (bicyclic) bond motifs is 5. The first-order valence-corrected chi connectivity index (χ1v) is 12.2. The van der Waals surface area contributed by atoms with Crippen molar-refractivity contribution in [3.05, 3.63) is 11.6 Å². The average molecular weight is 478 g/mol. The molecule has 0 amide bonds. The zero-order chi connectivity index (χ0) is 21.9. The van der Waals surface area contributed by atoms with Gasteiger partial charge in [0.25, 0.3) is 10.1 Å². The van der Waals surface area contributed by atoms with Crippen LogP contribution in [0, 0.1) is 28.6 Å². The van der Waals surface area contributed by atoms with E-state index in [0.717, 1.165) is 44.9 Å². The zero-order valence-corrected chi connectivity index (χ0v) is 20.2. The Balaban J connectivity index is 1.55. The van der Waals surface area contributed by atoms with Crippen molar-refractivity contribution in [3.8, 4) is 0 Å².